The Balaban J connectivity index is -0.00000000800. The van der Waals surface area contributed by atoms with Crippen LogP contribution in [0.1, 0.15) is 0 Å². The van der Waals surface area contributed by atoms with E-state index >= 15 is 0 Å². The molecule has 0 unspecified atom stereocenters. The van der Waals surface area contributed by atoms with E-state index in [0.29, 0.717) is 0 Å². The van der Waals surface area contributed by atoms with E-state index in [1.54, 1.807) is 0 Å². The molecule has 0 rings (SSSR count). The van der Waals surface area contributed by atoms with Gasteiger partial charge in [0.05, 0.1) is 0 Å². The first kappa shape index (κ1) is 39.2. The molecule has 50 valence electrons. The Morgan fingerprint density at radius 3 is 0.900 bits per heavy atom. The van der Waals surface area contributed by atoms with Crippen LogP contribution in [0, 0.1) is 0 Å². The minimum atomic E-state index is -5.61. The van der Waals surface area contributed by atoms with Crippen molar-refractivity contribution in [2.24, 2.45) is 0 Å². The summed E-state index contributed by atoms with van der Waals surface area (Å²) in [6, 6.07) is 0. The molecule has 0 aromatic carbocycles. The summed E-state index contributed by atoms with van der Waals surface area (Å²) >= 11 is 0. The standard InChI is InChI=1S/Al.Fe.Mg.O4Si.O.Zn/c;;;1-5(2,3)4;;/q+3;;+2;-4;-2;. The molecular formula is AlFeMgO5SiZn-. The fourth-order valence-corrected chi connectivity index (χ4v) is 0. The SMILES string of the molecule is [Al+3].[Fe].[Mg+2].[O-2].[O-][Si]([O-])([O-])[O-].[Zn]. The maximum atomic E-state index is 8.58. The third kappa shape index (κ3) is 155. The van der Waals surface area contributed by atoms with Gasteiger partial charge in [0.15, 0.2) is 0 Å². The first-order valence-corrected chi connectivity index (χ1v) is 2.45. The molecule has 10 heavy (non-hydrogen) atoms. The van der Waals surface area contributed by atoms with E-state index in [1.807, 2.05) is 0 Å². The molecule has 0 saturated heterocycles. The molecule has 0 aliphatic heterocycles. The van der Waals surface area contributed by atoms with Crippen molar-refractivity contribution >= 4 is 49.5 Å². The molecule has 5 nitrogen and oxygen atoms in total. The van der Waals surface area contributed by atoms with Gasteiger partial charge in [-0.1, -0.05) is 0 Å². The summed E-state index contributed by atoms with van der Waals surface area (Å²) in [4.78, 5) is 34.3. The van der Waals surface area contributed by atoms with Crippen molar-refractivity contribution in [3.8, 4) is 0 Å². The Bertz CT molecular complexity index is 37.1. The van der Waals surface area contributed by atoms with Crippen molar-refractivity contribution in [2.45, 2.75) is 0 Å². The average molecular weight is 281 g/mol. The van der Waals surface area contributed by atoms with E-state index < -0.39 is 9.05 Å². The summed E-state index contributed by atoms with van der Waals surface area (Å²) in [5.74, 6) is 0. The second-order valence-corrected chi connectivity index (χ2v) is 1.50. The minimum absolute atomic E-state index is 0. The molecule has 0 radical (unpaired) electrons. The van der Waals surface area contributed by atoms with E-state index in [1.165, 1.54) is 0 Å². The first-order valence-electron chi connectivity index (χ1n) is 0.816. The maximum absolute atomic E-state index is 8.58. The number of rotatable bonds is 0. The van der Waals surface area contributed by atoms with E-state index in [2.05, 4.69) is 0 Å². The van der Waals surface area contributed by atoms with Gasteiger partial charge in [-0.15, -0.1) is 0 Å². The van der Waals surface area contributed by atoms with Crippen LogP contribution < -0.4 is 19.2 Å². The van der Waals surface area contributed by atoms with Crippen molar-refractivity contribution in [1.82, 2.24) is 0 Å². The van der Waals surface area contributed by atoms with Crippen molar-refractivity contribution in [2.75, 3.05) is 0 Å². The van der Waals surface area contributed by atoms with Gasteiger partial charge in [-0.3, -0.25) is 0 Å². The largest absolute Gasteiger partial charge is 3.00 e. The maximum Gasteiger partial charge on any atom is 3.00 e. The van der Waals surface area contributed by atoms with Crippen LogP contribution in [-0.2, 0) is 42.0 Å². The molecule has 0 aromatic rings. The molecule has 0 saturated carbocycles. The smallest absolute Gasteiger partial charge is 2.00 e. The van der Waals surface area contributed by atoms with Crippen molar-refractivity contribution < 1.29 is 61.2 Å². The fourth-order valence-electron chi connectivity index (χ4n) is 0. The van der Waals surface area contributed by atoms with Crippen LogP contribution in [0.3, 0.4) is 0 Å². The third-order valence-corrected chi connectivity index (χ3v) is 0. The molecule has 0 aromatic heterocycles. The topological polar surface area (TPSA) is 121 Å². The Morgan fingerprint density at radius 1 is 0.900 bits per heavy atom. The molecule has 0 fully saturated rings. The van der Waals surface area contributed by atoms with E-state index in [4.69, 9.17) is 19.2 Å². The Morgan fingerprint density at radius 2 is 0.900 bits per heavy atom. The summed E-state index contributed by atoms with van der Waals surface area (Å²) < 4.78 is 0. The normalized spacial score (nSPS) is 6.00. The summed E-state index contributed by atoms with van der Waals surface area (Å²) in [6.07, 6.45) is 0. The molecule has 0 spiro atoms. The van der Waals surface area contributed by atoms with Gasteiger partial charge in [-0.2, -0.15) is 0 Å². The molecule has 0 atom stereocenters. The molecule has 0 N–H and O–H groups in total. The van der Waals surface area contributed by atoms with Gasteiger partial charge >= 0.3 is 40.4 Å². The number of hydrogen-bond donors (Lipinski definition) is 0. The quantitative estimate of drug-likeness (QED) is 0.410. The van der Waals surface area contributed by atoms with Crippen molar-refractivity contribution in [3.63, 3.8) is 0 Å². The molecule has 0 amide bonds. The van der Waals surface area contributed by atoms with Crippen LogP contribution in [0.25, 0.3) is 0 Å². The second kappa shape index (κ2) is 17.5. The molecule has 10 heteroatoms. The first-order chi connectivity index (χ1) is 2.00. The summed E-state index contributed by atoms with van der Waals surface area (Å²) in [6.45, 7) is 0. The van der Waals surface area contributed by atoms with Gasteiger partial charge in [0.1, 0.15) is 0 Å². The van der Waals surface area contributed by atoms with E-state index in [-0.39, 0.29) is 82.4 Å². The zero-order chi connectivity index (χ0) is 4.50. The minimum Gasteiger partial charge on any atom is -2.00 e. The van der Waals surface area contributed by atoms with Crippen LogP contribution >= 0.6 is 0 Å². The Hall–Kier alpha value is 2.46. The molecule has 0 bridgehead atoms. The van der Waals surface area contributed by atoms with Gasteiger partial charge in [-0.05, 0) is 0 Å². The van der Waals surface area contributed by atoms with Gasteiger partial charge in [0.25, 0.3) is 0 Å². The molecule has 0 heterocycles. The third-order valence-electron chi connectivity index (χ3n) is 0. The Kier molecular flexibility index (Phi) is 68.7. The van der Waals surface area contributed by atoms with Gasteiger partial charge in [-0.25, -0.2) is 0 Å². The van der Waals surface area contributed by atoms with Gasteiger partial charge in [0.2, 0.25) is 0 Å². The zero-order valence-corrected chi connectivity index (χ0v) is 12.5. The van der Waals surface area contributed by atoms with Crippen molar-refractivity contribution in [3.05, 3.63) is 0 Å². The molecule has 0 aliphatic rings. The molecular weight excluding hydrogens is 281 g/mol. The van der Waals surface area contributed by atoms with Crippen LogP contribution in [0.5, 0.6) is 0 Å². The van der Waals surface area contributed by atoms with E-state index in [0.717, 1.165) is 0 Å². The van der Waals surface area contributed by atoms with Crippen LogP contribution in [0.15, 0.2) is 0 Å². The average Bonchev–Trinajstić information content (AvgIpc) is 0.722. The zero-order valence-electron chi connectivity index (χ0n) is 4.89. The summed E-state index contributed by atoms with van der Waals surface area (Å²) in [7, 11) is -5.61. The van der Waals surface area contributed by atoms with Gasteiger partial charge in [0, 0.05) is 36.5 Å². The van der Waals surface area contributed by atoms with Crippen LogP contribution in [0.4, 0.5) is 0 Å². The predicted molar refractivity (Wildman–Crippen MR) is 17.9 cm³/mol. The van der Waals surface area contributed by atoms with Gasteiger partial charge < -0.3 is 33.7 Å². The number of hydrogen-bond acceptors (Lipinski definition) is 4. The summed E-state index contributed by atoms with van der Waals surface area (Å²) in [5.41, 5.74) is 0. The summed E-state index contributed by atoms with van der Waals surface area (Å²) in [5, 5.41) is 0. The van der Waals surface area contributed by atoms with E-state index in [9.17, 15) is 0 Å². The van der Waals surface area contributed by atoms with Crippen molar-refractivity contribution in [1.29, 1.82) is 0 Å². The second-order valence-electron chi connectivity index (χ2n) is 0.500. The van der Waals surface area contributed by atoms with Crippen LogP contribution in [-0.4, -0.2) is 49.5 Å². The fraction of sp³-hybridized carbons (Fsp3) is 0. The Labute approximate surface area is 110 Å². The van der Waals surface area contributed by atoms with Crippen LogP contribution in [0.2, 0.25) is 0 Å². The monoisotopic (exact) mass is 279 g/mol. The predicted octanol–water partition coefficient (Wildman–Crippen LogP) is -6.02. The molecule has 0 aliphatic carbocycles.